The summed E-state index contributed by atoms with van der Waals surface area (Å²) < 4.78 is 43.7. The molecule has 0 aliphatic heterocycles. The molecule has 1 amide bonds. The fraction of sp³-hybridized carbons (Fsp3) is 0.300. The zero-order valence-corrected chi connectivity index (χ0v) is 15.9. The summed E-state index contributed by atoms with van der Waals surface area (Å²) in [6.45, 7) is -3.07. The van der Waals surface area contributed by atoms with E-state index in [-0.39, 0.29) is 11.3 Å². The summed E-state index contributed by atoms with van der Waals surface area (Å²) in [5.74, 6) is -0.0826. The summed E-state index contributed by atoms with van der Waals surface area (Å²) in [6, 6.07) is 10.4. The Morgan fingerprint density at radius 3 is 2.31 bits per heavy atom. The maximum Gasteiger partial charge on any atom is 0.387 e. The van der Waals surface area contributed by atoms with Crippen LogP contribution in [-0.2, 0) is 16.0 Å². The molecule has 2 aromatic rings. The maximum atomic E-state index is 12.1. The zero-order valence-electron chi connectivity index (χ0n) is 15.9. The first-order chi connectivity index (χ1) is 13.9. The minimum atomic E-state index is -2.95. The van der Waals surface area contributed by atoms with Crippen molar-refractivity contribution in [1.82, 2.24) is 5.32 Å². The number of hydrogen-bond donors (Lipinski definition) is 1. The number of rotatable bonds is 10. The zero-order chi connectivity index (χ0) is 21.2. The Morgan fingerprint density at radius 2 is 1.69 bits per heavy atom. The minimum absolute atomic E-state index is 0.0792. The molecule has 0 atom stereocenters. The number of carbonyl (C=O) groups excluding carboxylic acids is 2. The van der Waals surface area contributed by atoms with Crippen molar-refractivity contribution < 1.29 is 37.3 Å². The molecule has 0 unspecified atom stereocenters. The van der Waals surface area contributed by atoms with Gasteiger partial charge in [-0.1, -0.05) is 6.07 Å². The van der Waals surface area contributed by atoms with Crippen LogP contribution in [0.3, 0.4) is 0 Å². The van der Waals surface area contributed by atoms with E-state index in [9.17, 15) is 18.4 Å². The van der Waals surface area contributed by atoms with E-state index in [1.165, 1.54) is 31.4 Å². The molecule has 1 N–H and O–H groups in total. The number of esters is 1. The molecule has 0 saturated carbocycles. The molecule has 0 aromatic heterocycles. The summed E-state index contributed by atoms with van der Waals surface area (Å²) in [5.41, 5.74) is 1.05. The average molecular weight is 409 g/mol. The van der Waals surface area contributed by atoms with Crippen molar-refractivity contribution in [3.63, 3.8) is 0 Å². The minimum Gasteiger partial charge on any atom is -0.493 e. The van der Waals surface area contributed by atoms with Crippen molar-refractivity contribution in [1.29, 1.82) is 0 Å². The fourth-order valence-electron chi connectivity index (χ4n) is 2.42. The first-order valence-corrected chi connectivity index (χ1v) is 8.62. The van der Waals surface area contributed by atoms with Gasteiger partial charge in [-0.2, -0.15) is 8.78 Å². The van der Waals surface area contributed by atoms with Gasteiger partial charge in [-0.05, 0) is 48.4 Å². The average Bonchev–Trinajstić information content (AvgIpc) is 2.72. The normalized spacial score (nSPS) is 10.4. The van der Waals surface area contributed by atoms with Crippen molar-refractivity contribution in [2.24, 2.45) is 0 Å². The van der Waals surface area contributed by atoms with E-state index in [0.29, 0.717) is 24.5 Å². The van der Waals surface area contributed by atoms with Crippen LogP contribution in [0.2, 0.25) is 0 Å². The van der Waals surface area contributed by atoms with E-state index in [2.05, 4.69) is 10.1 Å². The van der Waals surface area contributed by atoms with Gasteiger partial charge in [0.1, 0.15) is 5.75 Å². The van der Waals surface area contributed by atoms with Gasteiger partial charge in [-0.15, -0.1) is 0 Å². The lowest BCUT2D eigenvalue weighted by atomic mass is 10.1. The van der Waals surface area contributed by atoms with Gasteiger partial charge in [-0.3, -0.25) is 4.79 Å². The van der Waals surface area contributed by atoms with Gasteiger partial charge in [0, 0.05) is 6.54 Å². The fourth-order valence-corrected chi connectivity index (χ4v) is 2.42. The monoisotopic (exact) mass is 409 g/mol. The van der Waals surface area contributed by atoms with E-state index in [4.69, 9.17) is 14.2 Å². The molecule has 0 bridgehead atoms. The lowest BCUT2D eigenvalue weighted by Crippen LogP contribution is -2.30. The van der Waals surface area contributed by atoms with Crippen molar-refractivity contribution in [2.75, 3.05) is 27.4 Å². The van der Waals surface area contributed by atoms with Crippen molar-refractivity contribution in [3.05, 3.63) is 53.6 Å². The second kappa shape index (κ2) is 10.8. The first kappa shape index (κ1) is 21.9. The third-order valence-electron chi connectivity index (χ3n) is 3.83. The molecule has 156 valence electrons. The molecule has 0 saturated heterocycles. The van der Waals surface area contributed by atoms with Crippen LogP contribution in [0.15, 0.2) is 42.5 Å². The Balaban J connectivity index is 1.74. The van der Waals surface area contributed by atoms with Crippen LogP contribution in [0.4, 0.5) is 8.78 Å². The van der Waals surface area contributed by atoms with E-state index >= 15 is 0 Å². The Morgan fingerprint density at radius 1 is 1.00 bits per heavy atom. The molecule has 9 heteroatoms. The summed E-state index contributed by atoms with van der Waals surface area (Å²) in [6.07, 6.45) is 0.547. The number of halogens is 2. The molecular weight excluding hydrogens is 388 g/mol. The van der Waals surface area contributed by atoms with Crippen molar-refractivity contribution in [2.45, 2.75) is 13.0 Å². The lowest BCUT2D eigenvalue weighted by molar-refractivity contribution is -0.124. The van der Waals surface area contributed by atoms with Gasteiger partial charge in [0.05, 0.1) is 19.8 Å². The lowest BCUT2D eigenvalue weighted by Gasteiger charge is -2.10. The standard InChI is InChI=1S/C20H21F2NO6/c1-26-16-8-3-13(11-17(16)27-2)9-10-23-18(24)12-28-19(25)14-4-6-15(7-5-14)29-20(21)22/h3-8,11,20H,9-10,12H2,1-2H3,(H,23,24). The summed E-state index contributed by atoms with van der Waals surface area (Å²) in [7, 11) is 3.09. The van der Waals surface area contributed by atoms with Crippen LogP contribution in [0.5, 0.6) is 17.2 Å². The number of nitrogens with one attached hydrogen (secondary N) is 1. The van der Waals surface area contributed by atoms with Gasteiger partial charge in [0.2, 0.25) is 0 Å². The molecule has 2 rings (SSSR count). The smallest absolute Gasteiger partial charge is 0.387 e. The van der Waals surface area contributed by atoms with Gasteiger partial charge >= 0.3 is 12.6 Å². The van der Waals surface area contributed by atoms with Crippen molar-refractivity contribution in [3.8, 4) is 17.2 Å². The predicted octanol–water partition coefficient (Wildman–Crippen LogP) is 2.82. The highest BCUT2D eigenvalue weighted by atomic mass is 19.3. The molecular formula is C20H21F2NO6. The van der Waals surface area contributed by atoms with Gasteiger partial charge in [0.25, 0.3) is 5.91 Å². The molecule has 0 aliphatic rings. The summed E-state index contributed by atoms with van der Waals surface area (Å²) >= 11 is 0. The van der Waals surface area contributed by atoms with Crippen LogP contribution in [0.1, 0.15) is 15.9 Å². The SMILES string of the molecule is COc1ccc(CCNC(=O)COC(=O)c2ccc(OC(F)F)cc2)cc1OC. The molecule has 7 nitrogen and oxygen atoms in total. The predicted molar refractivity (Wildman–Crippen MR) is 99.6 cm³/mol. The van der Waals surface area contributed by atoms with E-state index in [1.807, 2.05) is 12.1 Å². The molecule has 29 heavy (non-hydrogen) atoms. The molecule has 0 spiro atoms. The highest BCUT2D eigenvalue weighted by Gasteiger charge is 2.12. The van der Waals surface area contributed by atoms with Gasteiger partial charge in [-0.25, -0.2) is 4.79 Å². The molecule has 0 aliphatic carbocycles. The number of methoxy groups -OCH3 is 2. The number of amides is 1. The Kier molecular flexibility index (Phi) is 8.20. The van der Waals surface area contributed by atoms with Gasteiger partial charge in [0.15, 0.2) is 18.1 Å². The molecule has 0 radical (unpaired) electrons. The molecule has 0 fully saturated rings. The van der Waals surface area contributed by atoms with E-state index in [0.717, 1.165) is 5.56 Å². The largest absolute Gasteiger partial charge is 0.493 e. The third-order valence-corrected chi connectivity index (χ3v) is 3.83. The second-order valence-electron chi connectivity index (χ2n) is 5.77. The molecule has 2 aromatic carbocycles. The van der Waals surface area contributed by atoms with Crippen molar-refractivity contribution >= 4 is 11.9 Å². The van der Waals surface area contributed by atoms with Gasteiger partial charge < -0.3 is 24.3 Å². The quantitative estimate of drug-likeness (QED) is 0.608. The number of carbonyl (C=O) groups is 2. The number of benzene rings is 2. The summed E-state index contributed by atoms with van der Waals surface area (Å²) in [4.78, 5) is 23.7. The Labute approximate surface area is 166 Å². The van der Waals surface area contributed by atoms with Crippen LogP contribution in [0.25, 0.3) is 0 Å². The Hall–Kier alpha value is -3.36. The van der Waals surface area contributed by atoms with Crippen LogP contribution < -0.4 is 19.5 Å². The second-order valence-corrected chi connectivity index (χ2v) is 5.77. The number of alkyl halides is 2. The first-order valence-electron chi connectivity index (χ1n) is 8.62. The van der Waals surface area contributed by atoms with Crippen LogP contribution in [-0.4, -0.2) is 45.9 Å². The Bertz CT molecular complexity index is 826. The van der Waals surface area contributed by atoms with Crippen LogP contribution in [0, 0.1) is 0 Å². The highest BCUT2D eigenvalue weighted by molar-refractivity contribution is 5.91. The van der Waals surface area contributed by atoms with E-state index in [1.54, 1.807) is 13.2 Å². The number of ether oxygens (including phenoxy) is 4. The molecule has 0 heterocycles. The summed E-state index contributed by atoms with van der Waals surface area (Å²) in [5, 5.41) is 2.64. The highest BCUT2D eigenvalue weighted by Crippen LogP contribution is 2.27. The van der Waals surface area contributed by atoms with E-state index < -0.39 is 25.1 Å². The third kappa shape index (κ3) is 6.95. The topological polar surface area (TPSA) is 83.1 Å². The maximum absolute atomic E-state index is 12.1. The number of hydrogen-bond acceptors (Lipinski definition) is 6. The van der Waals surface area contributed by atoms with Crippen LogP contribution >= 0.6 is 0 Å².